The number of hydrogen-bond acceptors (Lipinski definition) is 4. The zero-order valence-electron chi connectivity index (χ0n) is 10.9. The van der Waals surface area contributed by atoms with Crippen molar-refractivity contribution < 1.29 is 19.1 Å². The predicted molar refractivity (Wildman–Crippen MR) is 73.3 cm³/mol. The molecule has 1 heterocycles. The first kappa shape index (κ1) is 13.9. The van der Waals surface area contributed by atoms with Crippen molar-refractivity contribution in [3.05, 3.63) is 61.2 Å². The van der Waals surface area contributed by atoms with Crippen LogP contribution >= 0.6 is 0 Å². The summed E-state index contributed by atoms with van der Waals surface area (Å²) in [4.78, 5) is 23.3. The summed E-state index contributed by atoms with van der Waals surface area (Å²) in [5.74, 6) is -0.502. The molecular weight excluding hydrogens is 258 g/mol. The Balaban J connectivity index is 2.17. The molecule has 0 unspecified atom stereocenters. The van der Waals surface area contributed by atoms with Gasteiger partial charge in [-0.1, -0.05) is 30.9 Å². The van der Waals surface area contributed by atoms with Crippen molar-refractivity contribution in [3.8, 4) is 0 Å². The molecule has 2 atom stereocenters. The summed E-state index contributed by atoms with van der Waals surface area (Å²) >= 11 is 0. The summed E-state index contributed by atoms with van der Waals surface area (Å²) in [5, 5.41) is 2.60. The first-order chi connectivity index (χ1) is 9.61. The summed E-state index contributed by atoms with van der Waals surface area (Å²) in [6, 6.07) is 8.57. The smallest absolute Gasteiger partial charge is 0.408 e. The van der Waals surface area contributed by atoms with Gasteiger partial charge in [-0.15, -0.1) is 6.58 Å². The van der Waals surface area contributed by atoms with Crippen LogP contribution in [0.3, 0.4) is 0 Å². The summed E-state index contributed by atoms with van der Waals surface area (Å²) in [6.45, 7) is 7.34. The second-order valence-corrected chi connectivity index (χ2v) is 4.37. The lowest BCUT2D eigenvalue weighted by Crippen LogP contribution is -2.52. The fraction of sp³-hybridized carbons (Fsp3) is 0.200. The number of amides is 1. The fourth-order valence-electron chi connectivity index (χ4n) is 1.95. The third kappa shape index (κ3) is 2.56. The molecular formula is C15H15NO4. The highest BCUT2D eigenvalue weighted by molar-refractivity contribution is 5.89. The van der Waals surface area contributed by atoms with Gasteiger partial charge in [-0.3, -0.25) is 0 Å². The predicted octanol–water partition coefficient (Wildman–Crippen LogP) is 2.06. The molecule has 20 heavy (non-hydrogen) atoms. The van der Waals surface area contributed by atoms with Crippen LogP contribution in [0.15, 0.2) is 55.6 Å². The number of rotatable bonds is 5. The van der Waals surface area contributed by atoms with Crippen LogP contribution in [0.25, 0.3) is 0 Å². The molecule has 0 radical (unpaired) electrons. The van der Waals surface area contributed by atoms with Crippen LogP contribution in [0.2, 0.25) is 0 Å². The minimum atomic E-state index is -0.983. The van der Waals surface area contributed by atoms with Gasteiger partial charge in [-0.05, 0) is 18.2 Å². The van der Waals surface area contributed by atoms with Crippen LogP contribution < -0.4 is 5.32 Å². The van der Waals surface area contributed by atoms with Crippen molar-refractivity contribution in [1.82, 2.24) is 5.32 Å². The minimum absolute atomic E-state index is 0.0358. The zero-order chi connectivity index (χ0) is 14.6. The lowest BCUT2D eigenvalue weighted by molar-refractivity contribution is 0.0241. The van der Waals surface area contributed by atoms with E-state index in [1.54, 1.807) is 30.3 Å². The van der Waals surface area contributed by atoms with Crippen molar-refractivity contribution in [2.75, 3.05) is 6.61 Å². The third-order valence-corrected chi connectivity index (χ3v) is 3.11. The Hall–Kier alpha value is -2.56. The van der Waals surface area contributed by atoms with E-state index in [9.17, 15) is 9.59 Å². The van der Waals surface area contributed by atoms with E-state index in [1.165, 1.54) is 12.2 Å². The van der Waals surface area contributed by atoms with Gasteiger partial charge in [-0.2, -0.15) is 0 Å². The standard InChI is InChI=1S/C15H15NO4/c1-3-12(15(4-2)10-19-14(18)16-15)20-13(17)11-8-6-5-7-9-11/h3-9,12H,1-2,10H2,(H,16,18)/t12-,15+/m0/s1. The van der Waals surface area contributed by atoms with Crippen molar-refractivity contribution in [1.29, 1.82) is 0 Å². The minimum Gasteiger partial charge on any atom is -0.452 e. The van der Waals surface area contributed by atoms with Gasteiger partial charge in [0.25, 0.3) is 0 Å². The molecule has 1 fully saturated rings. The third-order valence-electron chi connectivity index (χ3n) is 3.11. The van der Waals surface area contributed by atoms with E-state index in [1.807, 2.05) is 0 Å². The number of esters is 1. The quantitative estimate of drug-likeness (QED) is 0.659. The van der Waals surface area contributed by atoms with Crippen molar-refractivity contribution >= 4 is 12.1 Å². The van der Waals surface area contributed by atoms with Crippen molar-refractivity contribution in [2.24, 2.45) is 0 Å². The van der Waals surface area contributed by atoms with Gasteiger partial charge in [0.05, 0.1) is 5.56 Å². The molecule has 0 bridgehead atoms. The lowest BCUT2D eigenvalue weighted by Gasteiger charge is -2.29. The van der Waals surface area contributed by atoms with E-state index in [2.05, 4.69) is 18.5 Å². The maximum atomic E-state index is 12.1. The van der Waals surface area contributed by atoms with E-state index in [-0.39, 0.29) is 6.61 Å². The van der Waals surface area contributed by atoms with Gasteiger partial charge in [0, 0.05) is 0 Å². The van der Waals surface area contributed by atoms with Crippen LogP contribution in [-0.2, 0) is 9.47 Å². The summed E-state index contributed by atoms with van der Waals surface area (Å²) < 4.78 is 10.3. The van der Waals surface area contributed by atoms with Gasteiger partial charge in [0.15, 0.2) is 6.10 Å². The van der Waals surface area contributed by atoms with Crippen LogP contribution in [0.1, 0.15) is 10.4 Å². The molecule has 2 rings (SSSR count). The average Bonchev–Trinajstić information content (AvgIpc) is 2.88. The van der Waals surface area contributed by atoms with E-state index < -0.39 is 23.7 Å². The molecule has 1 aliphatic rings. The lowest BCUT2D eigenvalue weighted by atomic mass is 9.94. The molecule has 104 valence electrons. The molecule has 0 aromatic heterocycles. The molecule has 0 saturated carbocycles. The van der Waals surface area contributed by atoms with E-state index in [0.717, 1.165) is 0 Å². The van der Waals surface area contributed by atoms with Gasteiger partial charge >= 0.3 is 12.1 Å². The number of alkyl carbamates (subject to hydrolysis) is 1. The number of ether oxygens (including phenoxy) is 2. The Labute approximate surface area is 116 Å². The fourth-order valence-corrected chi connectivity index (χ4v) is 1.95. The Morgan fingerprint density at radius 1 is 1.40 bits per heavy atom. The molecule has 5 heteroatoms. The molecule has 1 aromatic carbocycles. The molecule has 5 nitrogen and oxygen atoms in total. The highest BCUT2D eigenvalue weighted by Crippen LogP contribution is 2.23. The summed E-state index contributed by atoms with van der Waals surface area (Å²) in [7, 11) is 0. The second kappa shape index (κ2) is 5.61. The monoisotopic (exact) mass is 273 g/mol. The van der Waals surface area contributed by atoms with Crippen molar-refractivity contribution in [3.63, 3.8) is 0 Å². The molecule has 1 aliphatic heterocycles. The number of benzene rings is 1. The molecule has 0 aliphatic carbocycles. The largest absolute Gasteiger partial charge is 0.452 e. The van der Waals surface area contributed by atoms with E-state index in [4.69, 9.17) is 9.47 Å². The first-order valence-corrected chi connectivity index (χ1v) is 6.08. The zero-order valence-corrected chi connectivity index (χ0v) is 10.9. The Bertz CT molecular complexity index is 540. The number of hydrogen-bond donors (Lipinski definition) is 1. The Morgan fingerprint density at radius 2 is 2.10 bits per heavy atom. The highest BCUT2D eigenvalue weighted by Gasteiger charge is 2.45. The highest BCUT2D eigenvalue weighted by atomic mass is 16.6. The van der Waals surface area contributed by atoms with E-state index in [0.29, 0.717) is 5.56 Å². The normalized spacial score (nSPS) is 22.3. The van der Waals surface area contributed by atoms with E-state index >= 15 is 0 Å². The molecule has 1 amide bonds. The van der Waals surface area contributed by atoms with Crippen LogP contribution in [0.5, 0.6) is 0 Å². The number of nitrogens with one attached hydrogen (secondary N) is 1. The molecule has 1 N–H and O–H groups in total. The van der Waals surface area contributed by atoms with Crippen LogP contribution in [-0.4, -0.2) is 30.3 Å². The maximum absolute atomic E-state index is 12.1. The topological polar surface area (TPSA) is 64.6 Å². The van der Waals surface area contributed by atoms with Crippen molar-refractivity contribution in [2.45, 2.75) is 11.6 Å². The molecule has 1 saturated heterocycles. The van der Waals surface area contributed by atoms with Gasteiger partial charge in [0.2, 0.25) is 0 Å². The van der Waals surface area contributed by atoms with Crippen LogP contribution in [0.4, 0.5) is 4.79 Å². The molecule has 1 aromatic rings. The van der Waals surface area contributed by atoms with Gasteiger partial charge < -0.3 is 14.8 Å². The second-order valence-electron chi connectivity index (χ2n) is 4.37. The van der Waals surface area contributed by atoms with Gasteiger partial charge in [-0.25, -0.2) is 9.59 Å². The number of carbonyl (C=O) groups is 2. The number of cyclic esters (lactones) is 1. The average molecular weight is 273 g/mol. The maximum Gasteiger partial charge on any atom is 0.408 e. The van der Waals surface area contributed by atoms with Gasteiger partial charge in [0.1, 0.15) is 12.1 Å². The Kier molecular flexibility index (Phi) is 3.89. The van der Waals surface area contributed by atoms with Crippen LogP contribution in [0, 0.1) is 0 Å². The molecule has 0 spiro atoms. The SMILES string of the molecule is C=C[C@H](OC(=O)c1ccccc1)[C@@]1(C=C)COC(=O)N1. The number of carbonyl (C=O) groups excluding carboxylic acids is 2. The Morgan fingerprint density at radius 3 is 2.60 bits per heavy atom. The summed E-state index contributed by atoms with van der Waals surface area (Å²) in [6.07, 6.45) is 1.59. The summed E-state index contributed by atoms with van der Waals surface area (Å²) in [5.41, 5.74) is -0.563. The first-order valence-electron chi connectivity index (χ1n) is 6.08.